The standard InChI is InChI=1S/C28H31ClN6O5/c1-30-25(36)10-32-27(38)21-14-34(26(37)6-16-9-31-22-7-18(29)4-5-19(16)22)11-17-12-35(13-20(17)21)28(39)23-8-24(40-33-23)15-2-3-15/h4-5,7-9,15,17,20-21,31H,2-3,6,10-14H2,1H3,(H,30,36)(H,32,38). The lowest BCUT2D eigenvalue weighted by molar-refractivity contribution is -0.139. The van der Waals surface area contributed by atoms with E-state index >= 15 is 0 Å². The van der Waals surface area contributed by atoms with Crippen molar-refractivity contribution < 1.29 is 23.7 Å². The number of carbonyl (C=O) groups is 4. The van der Waals surface area contributed by atoms with E-state index < -0.39 is 5.92 Å². The highest BCUT2D eigenvalue weighted by Gasteiger charge is 2.48. The molecule has 4 heterocycles. The van der Waals surface area contributed by atoms with E-state index in [1.54, 1.807) is 21.9 Å². The molecule has 0 spiro atoms. The Morgan fingerprint density at radius 3 is 2.67 bits per heavy atom. The average Bonchev–Trinajstić information content (AvgIpc) is 3.33. The van der Waals surface area contributed by atoms with Crippen LogP contribution in [0.2, 0.25) is 5.02 Å². The van der Waals surface area contributed by atoms with Crippen LogP contribution in [0.25, 0.3) is 10.9 Å². The maximum Gasteiger partial charge on any atom is 0.276 e. The highest BCUT2D eigenvalue weighted by molar-refractivity contribution is 6.31. The number of amides is 4. The minimum atomic E-state index is -0.564. The van der Waals surface area contributed by atoms with E-state index in [2.05, 4.69) is 20.8 Å². The SMILES string of the molecule is CNC(=O)CNC(=O)C1CN(C(=O)Cc2c[nH]c3cc(Cl)ccc23)CC2CN(C(=O)c3cc(C4CC4)on3)CC21. The van der Waals surface area contributed by atoms with Crippen molar-refractivity contribution in [3.05, 3.63) is 52.5 Å². The second-order valence-corrected chi connectivity index (χ2v) is 11.4. The van der Waals surface area contributed by atoms with E-state index in [9.17, 15) is 19.2 Å². The third-order valence-corrected chi connectivity index (χ3v) is 8.59. The summed E-state index contributed by atoms with van der Waals surface area (Å²) in [7, 11) is 1.50. The predicted molar refractivity (Wildman–Crippen MR) is 146 cm³/mol. The number of aromatic nitrogens is 2. The molecule has 1 aliphatic carbocycles. The number of fused-ring (bicyclic) bond motifs is 2. The molecular weight excluding hydrogens is 536 g/mol. The Morgan fingerprint density at radius 1 is 1.10 bits per heavy atom. The molecule has 2 aliphatic heterocycles. The number of halogens is 1. The van der Waals surface area contributed by atoms with Gasteiger partial charge in [-0.15, -0.1) is 0 Å². The van der Waals surface area contributed by atoms with Crippen molar-refractivity contribution in [3.63, 3.8) is 0 Å². The molecule has 3 atom stereocenters. The molecule has 4 amide bonds. The summed E-state index contributed by atoms with van der Waals surface area (Å²) in [6.07, 6.45) is 4.06. The predicted octanol–water partition coefficient (Wildman–Crippen LogP) is 1.94. The summed E-state index contributed by atoms with van der Waals surface area (Å²) in [5.74, 6) is -0.667. The van der Waals surface area contributed by atoms with Gasteiger partial charge in [-0.3, -0.25) is 19.2 Å². The van der Waals surface area contributed by atoms with Crippen molar-refractivity contribution in [1.82, 2.24) is 30.6 Å². The summed E-state index contributed by atoms with van der Waals surface area (Å²) >= 11 is 6.10. The number of likely N-dealkylation sites (N-methyl/N-ethyl adjacent to an activating group) is 1. The van der Waals surface area contributed by atoms with Crippen LogP contribution in [0.4, 0.5) is 0 Å². The van der Waals surface area contributed by atoms with Gasteiger partial charge in [0.25, 0.3) is 5.91 Å². The highest BCUT2D eigenvalue weighted by atomic mass is 35.5. The molecule has 0 radical (unpaired) electrons. The zero-order valence-electron chi connectivity index (χ0n) is 22.1. The van der Waals surface area contributed by atoms with E-state index in [0.29, 0.717) is 30.6 Å². The molecule has 210 valence electrons. The Morgan fingerprint density at radius 2 is 1.90 bits per heavy atom. The lowest BCUT2D eigenvalue weighted by Gasteiger charge is -2.39. The van der Waals surface area contributed by atoms with Crippen LogP contribution in [-0.4, -0.2) is 83.3 Å². The van der Waals surface area contributed by atoms with Crippen molar-refractivity contribution >= 4 is 46.1 Å². The number of nitrogens with one attached hydrogen (secondary N) is 3. The van der Waals surface area contributed by atoms with Gasteiger partial charge in [0.2, 0.25) is 17.7 Å². The fourth-order valence-electron chi connectivity index (χ4n) is 6.00. The zero-order valence-corrected chi connectivity index (χ0v) is 22.9. The van der Waals surface area contributed by atoms with Gasteiger partial charge < -0.3 is 29.9 Å². The number of benzene rings is 1. The normalized spacial score (nSPS) is 22.3. The van der Waals surface area contributed by atoms with Crippen LogP contribution in [0.5, 0.6) is 0 Å². The van der Waals surface area contributed by atoms with Gasteiger partial charge in [0.15, 0.2) is 5.69 Å². The maximum absolute atomic E-state index is 13.5. The number of hydrogen-bond acceptors (Lipinski definition) is 6. The summed E-state index contributed by atoms with van der Waals surface area (Å²) < 4.78 is 5.39. The third kappa shape index (κ3) is 5.17. The Balaban J connectivity index is 1.20. The summed E-state index contributed by atoms with van der Waals surface area (Å²) in [5, 5.41) is 10.7. The van der Waals surface area contributed by atoms with E-state index in [0.717, 1.165) is 35.1 Å². The fraction of sp³-hybridized carbons (Fsp3) is 0.464. The van der Waals surface area contributed by atoms with Gasteiger partial charge in [0, 0.05) is 67.3 Å². The molecule has 1 aromatic carbocycles. The van der Waals surface area contributed by atoms with Crippen LogP contribution in [-0.2, 0) is 20.8 Å². The lowest BCUT2D eigenvalue weighted by atomic mass is 9.79. The van der Waals surface area contributed by atoms with Gasteiger partial charge in [0.1, 0.15) is 5.76 Å². The molecule has 3 N–H and O–H groups in total. The highest BCUT2D eigenvalue weighted by Crippen LogP contribution is 2.41. The number of H-pyrrole nitrogens is 1. The van der Waals surface area contributed by atoms with Gasteiger partial charge >= 0.3 is 0 Å². The molecule has 6 rings (SSSR count). The molecule has 0 bridgehead atoms. The van der Waals surface area contributed by atoms with Crippen molar-refractivity contribution in [2.75, 3.05) is 39.8 Å². The van der Waals surface area contributed by atoms with Crippen LogP contribution in [0.3, 0.4) is 0 Å². The molecule has 3 fully saturated rings. The van der Waals surface area contributed by atoms with Crippen LogP contribution >= 0.6 is 11.6 Å². The van der Waals surface area contributed by atoms with Crippen molar-refractivity contribution in [3.8, 4) is 0 Å². The van der Waals surface area contributed by atoms with Gasteiger partial charge in [0.05, 0.1) is 18.9 Å². The summed E-state index contributed by atoms with van der Waals surface area (Å²) in [6.45, 7) is 1.28. The van der Waals surface area contributed by atoms with E-state index in [4.69, 9.17) is 16.1 Å². The Hall–Kier alpha value is -3.86. The Kier molecular flexibility index (Phi) is 6.99. The average molecular weight is 567 g/mol. The number of aromatic amines is 1. The van der Waals surface area contributed by atoms with Crippen LogP contribution in [0.1, 0.15) is 40.6 Å². The second-order valence-electron chi connectivity index (χ2n) is 11.0. The molecule has 2 aromatic heterocycles. The van der Waals surface area contributed by atoms with E-state index in [-0.39, 0.29) is 60.7 Å². The lowest BCUT2D eigenvalue weighted by Crippen LogP contribution is -2.54. The van der Waals surface area contributed by atoms with Gasteiger partial charge in [-0.1, -0.05) is 22.8 Å². The first-order valence-corrected chi connectivity index (χ1v) is 14.0. The number of likely N-dealkylation sites (tertiary alicyclic amines) is 2. The summed E-state index contributed by atoms with van der Waals surface area (Å²) in [6, 6.07) is 7.21. The van der Waals surface area contributed by atoms with Crippen LogP contribution < -0.4 is 10.6 Å². The number of hydrogen-bond donors (Lipinski definition) is 3. The molecule has 3 unspecified atom stereocenters. The number of rotatable bonds is 7. The van der Waals surface area contributed by atoms with E-state index in [1.165, 1.54) is 7.05 Å². The third-order valence-electron chi connectivity index (χ3n) is 8.36. The Labute approximate surface area is 235 Å². The molecule has 3 aliphatic rings. The summed E-state index contributed by atoms with van der Waals surface area (Å²) in [4.78, 5) is 58.5. The zero-order chi connectivity index (χ0) is 28.0. The minimum absolute atomic E-state index is 0.0889. The molecule has 11 nitrogen and oxygen atoms in total. The monoisotopic (exact) mass is 566 g/mol. The minimum Gasteiger partial charge on any atom is -0.361 e. The molecule has 40 heavy (non-hydrogen) atoms. The smallest absolute Gasteiger partial charge is 0.276 e. The van der Waals surface area contributed by atoms with Crippen LogP contribution in [0, 0.1) is 17.8 Å². The maximum atomic E-state index is 13.5. The van der Waals surface area contributed by atoms with Crippen LogP contribution in [0.15, 0.2) is 35.0 Å². The number of piperidine rings is 1. The topological polar surface area (TPSA) is 141 Å². The van der Waals surface area contributed by atoms with Crippen molar-refractivity contribution in [1.29, 1.82) is 0 Å². The first-order valence-electron chi connectivity index (χ1n) is 13.6. The first-order chi connectivity index (χ1) is 19.3. The molecule has 3 aromatic rings. The Bertz CT molecular complexity index is 1480. The largest absolute Gasteiger partial charge is 0.361 e. The molecule has 12 heteroatoms. The van der Waals surface area contributed by atoms with Gasteiger partial charge in [-0.05, 0) is 42.4 Å². The second kappa shape index (κ2) is 10.6. The van der Waals surface area contributed by atoms with Gasteiger partial charge in [-0.2, -0.15) is 0 Å². The molecular formula is C28H31ClN6O5. The van der Waals surface area contributed by atoms with E-state index in [1.807, 2.05) is 18.3 Å². The quantitative estimate of drug-likeness (QED) is 0.399. The first kappa shape index (κ1) is 26.4. The van der Waals surface area contributed by atoms with Gasteiger partial charge in [-0.25, -0.2) is 0 Å². The molecule has 1 saturated carbocycles. The summed E-state index contributed by atoms with van der Waals surface area (Å²) in [5.41, 5.74) is 1.97. The fourth-order valence-corrected chi connectivity index (χ4v) is 6.17. The number of nitrogens with zero attached hydrogens (tertiary/aromatic N) is 3. The number of carbonyl (C=O) groups excluding carboxylic acids is 4. The molecule has 2 saturated heterocycles. The van der Waals surface area contributed by atoms with Crippen molar-refractivity contribution in [2.45, 2.75) is 25.2 Å². The van der Waals surface area contributed by atoms with Crippen molar-refractivity contribution in [2.24, 2.45) is 17.8 Å².